The van der Waals surface area contributed by atoms with Crippen LogP contribution in [-0.2, 0) is 18.4 Å². The molecule has 7 heteroatoms. The van der Waals surface area contributed by atoms with Crippen LogP contribution in [0.2, 0.25) is 36.3 Å². The van der Waals surface area contributed by atoms with E-state index in [9.17, 15) is 4.79 Å². The molecular weight excluding hydrogens is 620 g/mol. The van der Waals surface area contributed by atoms with Crippen LogP contribution < -0.4 is 10.6 Å². The highest BCUT2D eigenvalue weighted by Crippen LogP contribution is 2.49. The third-order valence-electron chi connectivity index (χ3n) is 9.63. The SMILES string of the molecule is C=C(CO[Si](C)(C)C(C)(C)C)CC(CC(=C)CO[Si](C)(C)C(C)(C)C)OC(=O)C1C=CC=C1P(c1ccccc1)c1ccccc1. The molecule has 1 aliphatic carbocycles. The van der Waals surface area contributed by atoms with Crippen LogP contribution in [-0.4, -0.2) is 41.9 Å². The molecule has 0 fully saturated rings. The Bertz CT molecular complexity index is 1320. The first-order chi connectivity index (χ1) is 21.3. The molecule has 0 aromatic heterocycles. The summed E-state index contributed by atoms with van der Waals surface area (Å²) in [6.45, 7) is 32.0. The number of ether oxygens (including phenoxy) is 1. The third kappa shape index (κ3) is 10.3. The van der Waals surface area contributed by atoms with Crippen LogP contribution in [0.3, 0.4) is 0 Å². The van der Waals surface area contributed by atoms with E-state index in [2.05, 4.69) is 135 Å². The molecule has 0 bridgehead atoms. The molecule has 0 saturated heterocycles. The van der Waals surface area contributed by atoms with Crippen LogP contribution >= 0.6 is 7.92 Å². The number of esters is 1. The molecule has 2 aromatic rings. The maximum atomic E-state index is 14.1. The van der Waals surface area contributed by atoms with E-state index in [1.54, 1.807) is 0 Å². The summed E-state index contributed by atoms with van der Waals surface area (Å²) >= 11 is 0. The Morgan fingerprint density at radius 3 is 1.57 bits per heavy atom. The number of carbonyl (C=O) groups is 1. The fraction of sp³-hybridized carbons (Fsp3) is 0.462. The first-order valence-electron chi connectivity index (χ1n) is 16.4. The van der Waals surface area contributed by atoms with Crippen molar-refractivity contribution >= 4 is 41.1 Å². The Morgan fingerprint density at radius 2 is 1.17 bits per heavy atom. The number of benzene rings is 2. The lowest BCUT2D eigenvalue weighted by Crippen LogP contribution is -2.41. The summed E-state index contributed by atoms with van der Waals surface area (Å²) in [5, 5.41) is 3.70. The summed E-state index contributed by atoms with van der Waals surface area (Å²) in [5.74, 6) is -0.692. The molecule has 1 unspecified atom stereocenters. The molecule has 4 nitrogen and oxygen atoms in total. The van der Waals surface area contributed by atoms with Crippen molar-refractivity contribution in [3.05, 3.63) is 109 Å². The molecule has 3 rings (SSSR count). The van der Waals surface area contributed by atoms with E-state index in [4.69, 9.17) is 13.6 Å². The highest BCUT2D eigenvalue weighted by Gasteiger charge is 2.39. The van der Waals surface area contributed by atoms with Crippen molar-refractivity contribution in [3.8, 4) is 0 Å². The van der Waals surface area contributed by atoms with Crippen molar-refractivity contribution in [1.29, 1.82) is 0 Å². The molecule has 0 N–H and O–H groups in total. The van der Waals surface area contributed by atoms with Crippen LogP contribution in [0.4, 0.5) is 0 Å². The van der Waals surface area contributed by atoms with E-state index >= 15 is 0 Å². The predicted molar refractivity (Wildman–Crippen MR) is 203 cm³/mol. The van der Waals surface area contributed by atoms with Gasteiger partial charge in [0.25, 0.3) is 0 Å². The summed E-state index contributed by atoms with van der Waals surface area (Å²) in [6, 6.07) is 20.9. The third-order valence-corrected chi connectivity index (χ3v) is 21.2. The monoisotopic (exact) mass is 676 g/mol. The maximum absolute atomic E-state index is 14.1. The van der Waals surface area contributed by atoms with Gasteiger partial charge in [0.1, 0.15) is 12.0 Å². The summed E-state index contributed by atoms with van der Waals surface area (Å²) in [6.07, 6.45) is 6.69. The van der Waals surface area contributed by atoms with Gasteiger partial charge in [-0.05, 0) is 71.3 Å². The number of allylic oxidation sites excluding steroid dienone is 2. The first kappa shape index (κ1) is 38.1. The van der Waals surface area contributed by atoms with Gasteiger partial charge in [0.05, 0.1) is 13.2 Å². The zero-order valence-electron chi connectivity index (χ0n) is 30.0. The van der Waals surface area contributed by atoms with Gasteiger partial charge in [0, 0.05) is 12.8 Å². The van der Waals surface area contributed by atoms with Gasteiger partial charge < -0.3 is 13.6 Å². The van der Waals surface area contributed by atoms with Gasteiger partial charge in [0.2, 0.25) is 0 Å². The Hall–Kier alpha value is -2.35. The minimum Gasteiger partial charge on any atom is -0.461 e. The molecule has 46 heavy (non-hydrogen) atoms. The quantitative estimate of drug-likeness (QED) is 0.0815. The highest BCUT2D eigenvalue weighted by molar-refractivity contribution is 7.76. The summed E-state index contributed by atoms with van der Waals surface area (Å²) < 4.78 is 19.4. The summed E-state index contributed by atoms with van der Waals surface area (Å²) in [4.78, 5) is 14.1. The molecule has 0 aliphatic heterocycles. The second kappa shape index (κ2) is 15.7. The van der Waals surface area contributed by atoms with E-state index in [1.165, 1.54) is 10.6 Å². The minimum atomic E-state index is -1.96. The van der Waals surface area contributed by atoms with Crippen LogP contribution in [0.1, 0.15) is 54.4 Å². The second-order valence-electron chi connectivity index (χ2n) is 15.5. The Balaban J connectivity index is 1.81. The van der Waals surface area contributed by atoms with Gasteiger partial charge in [0.15, 0.2) is 16.6 Å². The smallest absolute Gasteiger partial charge is 0.317 e. The highest BCUT2D eigenvalue weighted by atomic mass is 31.1. The molecule has 2 aromatic carbocycles. The zero-order chi connectivity index (χ0) is 34.3. The van der Waals surface area contributed by atoms with Gasteiger partial charge in [-0.25, -0.2) is 0 Å². The molecule has 0 amide bonds. The predicted octanol–water partition coefficient (Wildman–Crippen LogP) is 10.0. The number of carbonyl (C=O) groups excluding carboxylic acids is 1. The fourth-order valence-corrected chi connectivity index (χ4v) is 9.17. The fourth-order valence-electron chi connectivity index (χ4n) is 4.63. The topological polar surface area (TPSA) is 44.8 Å². The minimum absolute atomic E-state index is 0.0991. The van der Waals surface area contributed by atoms with Gasteiger partial charge >= 0.3 is 5.97 Å². The molecule has 250 valence electrons. The van der Waals surface area contributed by atoms with Gasteiger partial charge in [-0.1, -0.05) is 134 Å². The van der Waals surface area contributed by atoms with Gasteiger partial charge in [-0.15, -0.1) is 0 Å². The molecular formula is C39H57O4PSi2. The van der Waals surface area contributed by atoms with Gasteiger partial charge in [-0.2, -0.15) is 0 Å². The van der Waals surface area contributed by atoms with Crippen molar-refractivity contribution in [1.82, 2.24) is 0 Å². The van der Waals surface area contributed by atoms with Crippen molar-refractivity contribution in [2.24, 2.45) is 5.92 Å². The van der Waals surface area contributed by atoms with E-state index in [0.717, 1.165) is 16.5 Å². The molecule has 0 saturated carbocycles. The van der Waals surface area contributed by atoms with E-state index in [1.807, 2.05) is 24.3 Å². The van der Waals surface area contributed by atoms with Crippen molar-refractivity contribution in [3.63, 3.8) is 0 Å². The number of rotatable bonds is 15. The van der Waals surface area contributed by atoms with E-state index < -0.39 is 36.6 Å². The molecule has 0 spiro atoms. The Kier molecular flexibility index (Phi) is 13.0. The lowest BCUT2D eigenvalue weighted by Gasteiger charge is -2.37. The van der Waals surface area contributed by atoms with Crippen molar-refractivity contribution in [2.45, 2.75) is 96.8 Å². The number of hydrogen-bond acceptors (Lipinski definition) is 4. The molecule has 0 radical (unpaired) electrons. The lowest BCUT2D eigenvalue weighted by atomic mass is 10.0. The van der Waals surface area contributed by atoms with Crippen molar-refractivity contribution in [2.75, 3.05) is 13.2 Å². The average Bonchev–Trinajstić information content (AvgIpc) is 3.45. The molecule has 1 atom stereocenters. The molecule has 0 heterocycles. The first-order valence-corrected chi connectivity index (χ1v) is 23.6. The average molecular weight is 677 g/mol. The largest absolute Gasteiger partial charge is 0.461 e. The normalized spacial score (nSPS) is 15.7. The van der Waals surface area contributed by atoms with Gasteiger partial charge in [-0.3, -0.25) is 4.79 Å². The summed E-state index contributed by atoms with van der Waals surface area (Å²) in [5.41, 5.74) is 1.85. The van der Waals surface area contributed by atoms with Crippen molar-refractivity contribution < 1.29 is 18.4 Å². The number of hydrogen-bond donors (Lipinski definition) is 0. The van der Waals surface area contributed by atoms with Crippen LogP contribution in [0.25, 0.3) is 0 Å². The van der Waals surface area contributed by atoms with Crippen LogP contribution in [0.5, 0.6) is 0 Å². The second-order valence-corrected chi connectivity index (χ2v) is 27.4. The maximum Gasteiger partial charge on any atom is 0.317 e. The lowest BCUT2D eigenvalue weighted by molar-refractivity contribution is -0.150. The van der Waals surface area contributed by atoms with Crippen LogP contribution in [0.15, 0.2) is 109 Å². The standard InChI is InChI=1S/C39H57O4PSi2/c1-30(28-41-45(9,10)38(3,4)5)26-32(27-31(2)29-42-46(11,12)39(6,7)8)43-37(40)35-24-19-25-36(35)44(33-20-15-13-16-21-33)34-22-17-14-18-23-34/h13-25,32,35H,1-2,26-29H2,3-12H3. The molecule has 1 aliphatic rings. The van der Waals surface area contributed by atoms with Crippen LogP contribution in [0, 0.1) is 5.92 Å². The zero-order valence-corrected chi connectivity index (χ0v) is 32.9. The Labute approximate surface area is 283 Å². The Morgan fingerprint density at radius 1 is 0.761 bits per heavy atom. The van der Waals surface area contributed by atoms with E-state index in [-0.39, 0.29) is 16.0 Å². The summed E-state index contributed by atoms with van der Waals surface area (Å²) in [7, 11) is -4.83. The van der Waals surface area contributed by atoms with E-state index in [0.29, 0.717) is 26.1 Å².